The summed E-state index contributed by atoms with van der Waals surface area (Å²) < 4.78 is 0. The van der Waals surface area contributed by atoms with Crippen LogP contribution in [0.2, 0.25) is 0 Å². The fourth-order valence-electron chi connectivity index (χ4n) is 4.49. The summed E-state index contributed by atoms with van der Waals surface area (Å²) in [5.74, 6) is 0.364. The van der Waals surface area contributed by atoms with E-state index in [2.05, 4.69) is 19.2 Å². The minimum absolute atomic E-state index is 0.00878. The van der Waals surface area contributed by atoms with Gasteiger partial charge in [-0.1, -0.05) is 56.7 Å². The summed E-state index contributed by atoms with van der Waals surface area (Å²) in [6.45, 7) is 5.20. The fourth-order valence-corrected chi connectivity index (χ4v) is 4.49. The molecule has 0 unspecified atom stereocenters. The number of nitrogens with zero attached hydrogens (tertiary/aromatic N) is 2. The minimum Gasteiger partial charge on any atom is -0.326 e. The molecule has 2 aromatic rings. The number of imide groups is 1. The van der Waals surface area contributed by atoms with Crippen LogP contribution in [-0.4, -0.2) is 40.2 Å². The molecular weight excluding hydrogens is 402 g/mol. The number of benzene rings is 2. The van der Waals surface area contributed by atoms with E-state index >= 15 is 0 Å². The Morgan fingerprint density at radius 2 is 1.72 bits per heavy atom. The summed E-state index contributed by atoms with van der Waals surface area (Å²) in [6.07, 6.45) is 3.25. The van der Waals surface area contributed by atoms with Gasteiger partial charge in [0.05, 0.1) is 0 Å². The average Bonchev–Trinajstić information content (AvgIpc) is 3.02. The van der Waals surface area contributed by atoms with Crippen molar-refractivity contribution in [3.63, 3.8) is 0 Å². The lowest BCUT2D eigenvalue weighted by Crippen LogP contribution is -2.39. The van der Waals surface area contributed by atoms with Crippen LogP contribution in [0.4, 0.5) is 10.5 Å². The zero-order chi connectivity index (χ0) is 22.7. The molecule has 1 saturated heterocycles. The normalized spacial score (nSPS) is 17.5. The standard InChI is InChI=1S/C26H31N3O3/c1-18(2)19-11-13-22(14-12-19)27-24(30)10-4-3-7-15-28-25(31)23-16-20-8-5-6-9-21(20)17-29(23)26(28)32/h5-6,8-9,11-14,18,23H,3-4,7,10,15-17H2,1-2H3,(H,27,30)/t23-/m0/s1. The van der Waals surface area contributed by atoms with Crippen molar-refractivity contribution in [3.8, 4) is 0 Å². The van der Waals surface area contributed by atoms with Gasteiger partial charge in [0.1, 0.15) is 6.04 Å². The number of nitrogens with one attached hydrogen (secondary N) is 1. The Hall–Kier alpha value is -3.15. The highest BCUT2D eigenvalue weighted by molar-refractivity contribution is 6.04. The van der Waals surface area contributed by atoms with Gasteiger partial charge in [0.15, 0.2) is 0 Å². The van der Waals surface area contributed by atoms with Gasteiger partial charge < -0.3 is 10.2 Å². The van der Waals surface area contributed by atoms with Gasteiger partial charge in [-0.15, -0.1) is 0 Å². The predicted molar refractivity (Wildman–Crippen MR) is 124 cm³/mol. The minimum atomic E-state index is -0.370. The predicted octanol–water partition coefficient (Wildman–Crippen LogP) is 4.70. The number of urea groups is 1. The fraction of sp³-hybridized carbons (Fsp3) is 0.423. The molecule has 1 atom stereocenters. The molecular formula is C26H31N3O3. The van der Waals surface area contributed by atoms with Crippen LogP contribution in [0, 0.1) is 0 Å². The van der Waals surface area contributed by atoms with Crippen LogP contribution in [-0.2, 0) is 22.6 Å². The molecule has 4 amide bonds. The number of hydrogen-bond donors (Lipinski definition) is 1. The molecule has 168 valence electrons. The van der Waals surface area contributed by atoms with E-state index in [1.54, 1.807) is 4.90 Å². The van der Waals surface area contributed by atoms with E-state index in [9.17, 15) is 14.4 Å². The maximum Gasteiger partial charge on any atom is 0.327 e. The molecule has 0 radical (unpaired) electrons. The first-order chi connectivity index (χ1) is 15.4. The molecule has 2 aromatic carbocycles. The first-order valence-electron chi connectivity index (χ1n) is 11.5. The summed E-state index contributed by atoms with van der Waals surface area (Å²) in [5.41, 5.74) is 4.33. The molecule has 4 rings (SSSR count). The zero-order valence-corrected chi connectivity index (χ0v) is 18.8. The second-order valence-corrected chi connectivity index (χ2v) is 9.02. The maximum atomic E-state index is 12.8. The lowest BCUT2D eigenvalue weighted by molar-refractivity contribution is -0.128. The Balaban J connectivity index is 1.19. The second kappa shape index (κ2) is 9.55. The third kappa shape index (κ3) is 4.69. The average molecular weight is 434 g/mol. The molecule has 0 bridgehead atoms. The number of hydrogen-bond acceptors (Lipinski definition) is 3. The van der Waals surface area contributed by atoms with Crippen molar-refractivity contribution in [1.29, 1.82) is 0 Å². The third-order valence-corrected chi connectivity index (χ3v) is 6.42. The van der Waals surface area contributed by atoms with Crippen LogP contribution < -0.4 is 5.32 Å². The first kappa shape index (κ1) is 22.1. The van der Waals surface area contributed by atoms with Gasteiger partial charge in [0.2, 0.25) is 5.91 Å². The summed E-state index contributed by atoms with van der Waals surface area (Å²) >= 11 is 0. The van der Waals surface area contributed by atoms with Crippen molar-refractivity contribution in [2.45, 2.75) is 64.5 Å². The molecule has 1 N–H and O–H groups in total. The molecule has 0 spiro atoms. The number of amides is 4. The van der Waals surface area contributed by atoms with Crippen molar-refractivity contribution in [1.82, 2.24) is 9.80 Å². The first-order valence-corrected chi connectivity index (χ1v) is 11.5. The summed E-state index contributed by atoms with van der Waals surface area (Å²) in [5, 5.41) is 2.93. The smallest absolute Gasteiger partial charge is 0.326 e. The molecule has 2 aliphatic heterocycles. The van der Waals surface area contributed by atoms with Gasteiger partial charge in [-0.2, -0.15) is 0 Å². The Bertz CT molecular complexity index is 957. The molecule has 32 heavy (non-hydrogen) atoms. The third-order valence-electron chi connectivity index (χ3n) is 6.42. The largest absolute Gasteiger partial charge is 0.327 e. The quantitative estimate of drug-likeness (QED) is 0.485. The lowest BCUT2D eigenvalue weighted by atomic mass is 9.95. The van der Waals surface area contributed by atoms with Gasteiger partial charge in [-0.3, -0.25) is 14.5 Å². The Kier molecular flexibility index (Phi) is 6.58. The van der Waals surface area contributed by atoms with Crippen LogP contribution in [0.25, 0.3) is 0 Å². The molecule has 2 aliphatic rings. The van der Waals surface area contributed by atoms with Gasteiger partial charge >= 0.3 is 6.03 Å². The molecule has 0 aliphatic carbocycles. The highest BCUT2D eigenvalue weighted by atomic mass is 16.2. The highest BCUT2D eigenvalue weighted by Crippen LogP contribution is 2.30. The van der Waals surface area contributed by atoms with Crippen molar-refractivity contribution >= 4 is 23.5 Å². The number of unbranched alkanes of at least 4 members (excludes halogenated alkanes) is 2. The van der Waals surface area contributed by atoms with E-state index in [-0.39, 0.29) is 23.9 Å². The number of rotatable bonds is 8. The van der Waals surface area contributed by atoms with E-state index < -0.39 is 0 Å². The monoisotopic (exact) mass is 433 g/mol. The highest BCUT2D eigenvalue weighted by Gasteiger charge is 2.46. The molecule has 1 fully saturated rings. The van der Waals surface area contributed by atoms with Gasteiger partial charge in [0, 0.05) is 31.6 Å². The zero-order valence-electron chi connectivity index (χ0n) is 18.8. The van der Waals surface area contributed by atoms with E-state index in [4.69, 9.17) is 0 Å². The molecule has 6 nitrogen and oxygen atoms in total. The Morgan fingerprint density at radius 3 is 2.44 bits per heavy atom. The molecule has 2 heterocycles. The maximum absolute atomic E-state index is 12.8. The van der Waals surface area contributed by atoms with Crippen LogP contribution >= 0.6 is 0 Å². The van der Waals surface area contributed by atoms with Crippen molar-refractivity contribution in [2.24, 2.45) is 0 Å². The van der Waals surface area contributed by atoms with E-state index in [0.29, 0.717) is 38.3 Å². The summed E-state index contributed by atoms with van der Waals surface area (Å²) in [7, 11) is 0. The lowest BCUT2D eigenvalue weighted by Gasteiger charge is -2.28. The van der Waals surface area contributed by atoms with Crippen molar-refractivity contribution < 1.29 is 14.4 Å². The number of anilines is 1. The van der Waals surface area contributed by atoms with Crippen LogP contribution in [0.5, 0.6) is 0 Å². The van der Waals surface area contributed by atoms with Gasteiger partial charge in [-0.05, 0) is 47.6 Å². The van der Waals surface area contributed by atoms with Crippen LogP contribution in [0.3, 0.4) is 0 Å². The second-order valence-electron chi connectivity index (χ2n) is 9.02. The van der Waals surface area contributed by atoms with Crippen LogP contribution in [0.1, 0.15) is 62.1 Å². The number of fused-ring (bicyclic) bond motifs is 2. The van der Waals surface area contributed by atoms with E-state index in [0.717, 1.165) is 29.7 Å². The van der Waals surface area contributed by atoms with E-state index in [1.807, 2.05) is 48.5 Å². The van der Waals surface area contributed by atoms with Gasteiger partial charge in [-0.25, -0.2) is 4.79 Å². The number of carbonyl (C=O) groups excluding carboxylic acids is 3. The molecule has 6 heteroatoms. The summed E-state index contributed by atoms with van der Waals surface area (Å²) in [4.78, 5) is 40.9. The van der Waals surface area contributed by atoms with Crippen molar-refractivity contribution in [3.05, 3.63) is 65.2 Å². The molecule has 0 saturated carbocycles. The van der Waals surface area contributed by atoms with Crippen molar-refractivity contribution in [2.75, 3.05) is 11.9 Å². The topological polar surface area (TPSA) is 69.7 Å². The summed E-state index contributed by atoms with van der Waals surface area (Å²) in [6, 6.07) is 15.4. The van der Waals surface area contributed by atoms with Gasteiger partial charge in [0.25, 0.3) is 5.91 Å². The molecule has 0 aromatic heterocycles. The SMILES string of the molecule is CC(C)c1ccc(NC(=O)CCCCCN2C(=O)[C@@H]3Cc4ccccc4CN3C2=O)cc1. The van der Waals surface area contributed by atoms with E-state index in [1.165, 1.54) is 10.5 Å². The van der Waals surface area contributed by atoms with Crippen LogP contribution in [0.15, 0.2) is 48.5 Å². The number of carbonyl (C=O) groups is 3. The Labute approximate surface area is 189 Å². The Morgan fingerprint density at radius 1 is 1.00 bits per heavy atom.